The monoisotopic (exact) mass is 328 g/mol. The summed E-state index contributed by atoms with van der Waals surface area (Å²) in [7, 11) is -3.55. The maximum absolute atomic E-state index is 12.8. The number of nitrogens with zero attached hydrogens (tertiary/aromatic N) is 1. The van der Waals surface area contributed by atoms with Gasteiger partial charge in [-0.25, -0.2) is 8.42 Å². The molecule has 0 amide bonds. The molecule has 1 aliphatic heterocycles. The van der Waals surface area contributed by atoms with Gasteiger partial charge in [-0.1, -0.05) is 0 Å². The standard InChI is InChI=1S/C15H24N2O4S/c1-3-20-14-8-7-13(10-15(14)21-4-2)22(18,19)17-9-5-6-12(17)11-16/h7-8,10,12H,3-6,9,11,16H2,1-2H3. The lowest BCUT2D eigenvalue weighted by Crippen LogP contribution is -2.39. The van der Waals surface area contributed by atoms with E-state index in [1.165, 1.54) is 10.4 Å². The van der Waals surface area contributed by atoms with E-state index in [4.69, 9.17) is 15.2 Å². The average Bonchev–Trinajstić information content (AvgIpc) is 2.98. The fraction of sp³-hybridized carbons (Fsp3) is 0.600. The van der Waals surface area contributed by atoms with Crippen LogP contribution in [0.15, 0.2) is 23.1 Å². The van der Waals surface area contributed by atoms with Crippen LogP contribution in [-0.2, 0) is 10.0 Å². The number of sulfonamides is 1. The van der Waals surface area contributed by atoms with Crippen LogP contribution in [0, 0.1) is 0 Å². The molecular weight excluding hydrogens is 304 g/mol. The van der Waals surface area contributed by atoms with Crippen LogP contribution in [0.25, 0.3) is 0 Å². The highest BCUT2D eigenvalue weighted by Gasteiger charge is 2.34. The number of nitrogens with two attached hydrogens (primary N) is 1. The topological polar surface area (TPSA) is 81.9 Å². The molecule has 0 aliphatic carbocycles. The van der Waals surface area contributed by atoms with E-state index in [1.54, 1.807) is 12.1 Å². The van der Waals surface area contributed by atoms with Crippen molar-refractivity contribution < 1.29 is 17.9 Å². The lowest BCUT2D eigenvalue weighted by molar-refractivity contribution is 0.287. The molecule has 0 bridgehead atoms. The van der Waals surface area contributed by atoms with Gasteiger partial charge >= 0.3 is 0 Å². The Bertz CT molecular complexity index is 604. The lowest BCUT2D eigenvalue weighted by Gasteiger charge is -2.23. The van der Waals surface area contributed by atoms with E-state index in [9.17, 15) is 8.42 Å². The van der Waals surface area contributed by atoms with Gasteiger partial charge in [-0.3, -0.25) is 0 Å². The summed E-state index contributed by atoms with van der Waals surface area (Å²) in [6.45, 7) is 5.51. The Hall–Kier alpha value is -1.31. The van der Waals surface area contributed by atoms with Crippen LogP contribution in [0.5, 0.6) is 11.5 Å². The average molecular weight is 328 g/mol. The van der Waals surface area contributed by atoms with Crippen molar-refractivity contribution >= 4 is 10.0 Å². The van der Waals surface area contributed by atoms with Gasteiger partial charge in [-0.15, -0.1) is 0 Å². The Morgan fingerprint density at radius 3 is 2.55 bits per heavy atom. The fourth-order valence-corrected chi connectivity index (χ4v) is 4.41. The molecule has 7 heteroatoms. The first-order valence-corrected chi connectivity index (χ1v) is 9.10. The van der Waals surface area contributed by atoms with Gasteiger partial charge in [0.2, 0.25) is 10.0 Å². The number of ether oxygens (including phenoxy) is 2. The third-order valence-electron chi connectivity index (χ3n) is 3.72. The van der Waals surface area contributed by atoms with Gasteiger partial charge in [0.15, 0.2) is 11.5 Å². The van der Waals surface area contributed by atoms with Gasteiger partial charge in [0.25, 0.3) is 0 Å². The molecule has 2 N–H and O–H groups in total. The predicted molar refractivity (Wildman–Crippen MR) is 84.7 cm³/mol. The summed E-state index contributed by atoms with van der Waals surface area (Å²) in [5.41, 5.74) is 5.69. The van der Waals surface area contributed by atoms with Crippen molar-refractivity contribution in [3.05, 3.63) is 18.2 Å². The van der Waals surface area contributed by atoms with Crippen LogP contribution in [0.1, 0.15) is 26.7 Å². The van der Waals surface area contributed by atoms with E-state index in [2.05, 4.69) is 0 Å². The van der Waals surface area contributed by atoms with Crippen molar-refractivity contribution in [3.63, 3.8) is 0 Å². The van der Waals surface area contributed by atoms with Gasteiger partial charge in [0, 0.05) is 25.2 Å². The molecule has 1 aromatic carbocycles. The van der Waals surface area contributed by atoms with Crippen molar-refractivity contribution in [2.24, 2.45) is 5.73 Å². The van der Waals surface area contributed by atoms with Gasteiger partial charge in [-0.2, -0.15) is 4.31 Å². The third-order valence-corrected chi connectivity index (χ3v) is 5.66. The van der Waals surface area contributed by atoms with Crippen molar-refractivity contribution in [1.82, 2.24) is 4.31 Å². The van der Waals surface area contributed by atoms with E-state index < -0.39 is 10.0 Å². The minimum absolute atomic E-state index is 0.118. The van der Waals surface area contributed by atoms with Crippen molar-refractivity contribution in [3.8, 4) is 11.5 Å². The van der Waals surface area contributed by atoms with Crippen LogP contribution < -0.4 is 15.2 Å². The van der Waals surface area contributed by atoms with E-state index in [0.29, 0.717) is 37.8 Å². The summed E-state index contributed by atoms with van der Waals surface area (Å²) >= 11 is 0. The zero-order valence-corrected chi connectivity index (χ0v) is 13.9. The molecule has 2 rings (SSSR count). The molecule has 1 aliphatic rings. The largest absolute Gasteiger partial charge is 0.490 e. The zero-order valence-electron chi connectivity index (χ0n) is 13.1. The second-order valence-corrected chi connectivity index (χ2v) is 7.01. The molecule has 1 atom stereocenters. The number of rotatable bonds is 7. The molecule has 1 unspecified atom stereocenters. The Morgan fingerprint density at radius 1 is 1.23 bits per heavy atom. The van der Waals surface area contributed by atoms with Crippen LogP contribution in [0.2, 0.25) is 0 Å². The minimum atomic E-state index is -3.55. The van der Waals surface area contributed by atoms with Crippen LogP contribution in [0.4, 0.5) is 0 Å². The molecular formula is C15H24N2O4S. The van der Waals surface area contributed by atoms with Crippen LogP contribution >= 0.6 is 0 Å². The highest BCUT2D eigenvalue weighted by atomic mass is 32.2. The highest BCUT2D eigenvalue weighted by Crippen LogP contribution is 2.33. The summed E-state index contributed by atoms with van der Waals surface area (Å²) < 4.78 is 38.1. The van der Waals surface area contributed by atoms with Gasteiger partial charge in [-0.05, 0) is 38.8 Å². The summed E-state index contributed by atoms with van der Waals surface area (Å²) in [5.74, 6) is 1.01. The molecule has 124 valence electrons. The zero-order chi connectivity index (χ0) is 16.2. The maximum Gasteiger partial charge on any atom is 0.243 e. The summed E-state index contributed by atoms with van der Waals surface area (Å²) in [6, 6.07) is 4.63. The summed E-state index contributed by atoms with van der Waals surface area (Å²) in [4.78, 5) is 0.222. The fourth-order valence-electron chi connectivity index (χ4n) is 2.69. The minimum Gasteiger partial charge on any atom is -0.490 e. The third kappa shape index (κ3) is 3.37. The lowest BCUT2D eigenvalue weighted by atomic mass is 10.2. The van der Waals surface area contributed by atoms with E-state index in [0.717, 1.165) is 12.8 Å². The molecule has 0 spiro atoms. The van der Waals surface area contributed by atoms with E-state index in [1.807, 2.05) is 13.8 Å². The quantitative estimate of drug-likeness (QED) is 0.822. The smallest absolute Gasteiger partial charge is 0.243 e. The summed E-state index contributed by atoms with van der Waals surface area (Å²) in [6.07, 6.45) is 1.65. The molecule has 1 fully saturated rings. The van der Waals surface area contributed by atoms with E-state index >= 15 is 0 Å². The first kappa shape index (κ1) is 17.1. The molecule has 0 aromatic heterocycles. The van der Waals surface area contributed by atoms with Crippen LogP contribution in [0.3, 0.4) is 0 Å². The number of hydrogen-bond acceptors (Lipinski definition) is 5. The predicted octanol–water partition coefficient (Wildman–Crippen LogP) is 1.60. The Morgan fingerprint density at radius 2 is 1.91 bits per heavy atom. The van der Waals surface area contributed by atoms with Crippen molar-refractivity contribution in [1.29, 1.82) is 0 Å². The second-order valence-electron chi connectivity index (χ2n) is 5.12. The van der Waals surface area contributed by atoms with E-state index in [-0.39, 0.29) is 10.9 Å². The van der Waals surface area contributed by atoms with Crippen molar-refractivity contribution in [2.45, 2.75) is 37.6 Å². The van der Waals surface area contributed by atoms with Gasteiger partial charge in [0.05, 0.1) is 18.1 Å². The molecule has 0 radical (unpaired) electrons. The second kappa shape index (κ2) is 7.30. The normalized spacial score (nSPS) is 19.3. The first-order chi connectivity index (χ1) is 10.5. The van der Waals surface area contributed by atoms with Gasteiger partial charge < -0.3 is 15.2 Å². The molecule has 1 saturated heterocycles. The Labute approximate surface area is 132 Å². The molecule has 1 heterocycles. The van der Waals surface area contributed by atoms with Crippen molar-refractivity contribution in [2.75, 3.05) is 26.3 Å². The Balaban J connectivity index is 2.36. The SMILES string of the molecule is CCOc1ccc(S(=O)(=O)N2CCCC2CN)cc1OCC. The highest BCUT2D eigenvalue weighted by molar-refractivity contribution is 7.89. The number of benzene rings is 1. The summed E-state index contributed by atoms with van der Waals surface area (Å²) in [5, 5.41) is 0. The Kier molecular flexibility index (Phi) is 5.66. The van der Waals surface area contributed by atoms with Crippen LogP contribution in [-0.4, -0.2) is 45.1 Å². The maximum atomic E-state index is 12.8. The molecule has 1 aromatic rings. The molecule has 22 heavy (non-hydrogen) atoms. The number of hydrogen-bond donors (Lipinski definition) is 1. The molecule has 0 saturated carbocycles. The molecule has 6 nitrogen and oxygen atoms in total. The first-order valence-electron chi connectivity index (χ1n) is 7.66. The van der Waals surface area contributed by atoms with Gasteiger partial charge in [0.1, 0.15) is 0 Å².